The van der Waals surface area contributed by atoms with Crippen LogP contribution >= 0.6 is 0 Å². The minimum atomic E-state index is 0.0777. The average molecular weight is 263 g/mol. The van der Waals surface area contributed by atoms with Crippen LogP contribution in [0.25, 0.3) is 0 Å². The maximum absolute atomic E-state index is 4.52. The van der Waals surface area contributed by atoms with E-state index in [2.05, 4.69) is 68.4 Å². The fourth-order valence-corrected chi connectivity index (χ4v) is 2.28. The lowest BCUT2D eigenvalue weighted by Gasteiger charge is -2.27. The third-order valence-corrected chi connectivity index (χ3v) is 3.44. The molecule has 1 aromatic heterocycles. The maximum Gasteiger partial charge on any atom is 0.0596 e. The highest BCUT2D eigenvalue weighted by atomic mass is 15.3. The molecule has 1 aromatic rings. The number of nitrogens with one attached hydrogen (secondary N) is 1. The molecule has 1 rings (SSSR count). The Balaban J connectivity index is 2.71. The van der Waals surface area contributed by atoms with Crippen molar-refractivity contribution in [1.29, 1.82) is 0 Å². The molecule has 0 aliphatic carbocycles. The van der Waals surface area contributed by atoms with Crippen LogP contribution in [-0.4, -0.2) is 22.9 Å². The SMILES string of the molecule is C=CC(C)(CNCC(C)C)Cc1cc(C)nn1CC. The fourth-order valence-electron chi connectivity index (χ4n) is 2.28. The zero-order valence-electron chi connectivity index (χ0n) is 13.2. The van der Waals surface area contributed by atoms with Crippen molar-refractivity contribution in [3.63, 3.8) is 0 Å². The fraction of sp³-hybridized carbons (Fsp3) is 0.688. The third-order valence-electron chi connectivity index (χ3n) is 3.44. The molecule has 0 bridgehead atoms. The molecule has 3 heteroatoms. The Morgan fingerprint density at radius 2 is 2.21 bits per heavy atom. The topological polar surface area (TPSA) is 29.9 Å². The van der Waals surface area contributed by atoms with Crippen LogP contribution in [-0.2, 0) is 13.0 Å². The molecule has 1 N–H and O–H groups in total. The van der Waals surface area contributed by atoms with E-state index in [9.17, 15) is 0 Å². The standard InChI is InChI=1S/C16H29N3/c1-7-16(6,12-17-11-13(3)4)10-15-9-14(5)18-19(15)8-2/h7,9,13,17H,1,8,10-12H2,2-6H3. The van der Waals surface area contributed by atoms with Gasteiger partial charge in [-0.2, -0.15) is 5.10 Å². The van der Waals surface area contributed by atoms with Gasteiger partial charge in [-0.15, -0.1) is 6.58 Å². The summed E-state index contributed by atoms with van der Waals surface area (Å²) in [7, 11) is 0. The average Bonchev–Trinajstić information content (AvgIpc) is 2.68. The van der Waals surface area contributed by atoms with E-state index in [0.29, 0.717) is 5.92 Å². The van der Waals surface area contributed by atoms with Gasteiger partial charge in [-0.1, -0.05) is 26.8 Å². The molecular weight excluding hydrogens is 234 g/mol. The quantitative estimate of drug-likeness (QED) is 0.730. The predicted octanol–water partition coefficient (Wildman–Crippen LogP) is 3.19. The highest BCUT2D eigenvalue weighted by molar-refractivity contribution is 5.13. The molecule has 0 saturated heterocycles. The summed E-state index contributed by atoms with van der Waals surface area (Å²) >= 11 is 0. The predicted molar refractivity (Wildman–Crippen MR) is 82.4 cm³/mol. The Morgan fingerprint density at radius 3 is 2.74 bits per heavy atom. The van der Waals surface area contributed by atoms with Crippen LogP contribution in [0.1, 0.15) is 39.1 Å². The lowest BCUT2D eigenvalue weighted by Crippen LogP contribution is -2.34. The molecule has 19 heavy (non-hydrogen) atoms. The molecular formula is C16H29N3. The lowest BCUT2D eigenvalue weighted by molar-refractivity contribution is 0.367. The number of hydrogen-bond acceptors (Lipinski definition) is 2. The van der Waals surface area contributed by atoms with Crippen molar-refractivity contribution in [2.24, 2.45) is 11.3 Å². The number of nitrogens with zero attached hydrogens (tertiary/aromatic N) is 2. The molecule has 1 unspecified atom stereocenters. The van der Waals surface area contributed by atoms with Gasteiger partial charge >= 0.3 is 0 Å². The summed E-state index contributed by atoms with van der Waals surface area (Å²) in [5, 5.41) is 8.06. The Labute approximate surface area is 118 Å². The summed E-state index contributed by atoms with van der Waals surface area (Å²) in [6.07, 6.45) is 3.05. The molecule has 0 fully saturated rings. The number of aromatic nitrogens is 2. The van der Waals surface area contributed by atoms with Crippen LogP contribution in [0.2, 0.25) is 0 Å². The minimum absolute atomic E-state index is 0.0777. The van der Waals surface area contributed by atoms with Crippen LogP contribution in [0.4, 0.5) is 0 Å². The van der Waals surface area contributed by atoms with Crippen molar-refractivity contribution >= 4 is 0 Å². The third kappa shape index (κ3) is 4.83. The van der Waals surface area contributed by atoms with Crippen molar-refractivity contribution in [2.75, 3.05) is 13.1 Å². The molecule has 1 heterocycles. The van der Waals surface area contributed by atoms with Gasteiger partial charge in [0.05, 0.1) is 5.69 Å². The van der Waals surface area contributed by atoms with E-state index in [1.54, 1.807) is 0 Å². The van der Waals surface area contributed by atoms with Crippen molar-refractivity contribution in [3.8, 4) is 0 Å². The summed E-state index contributed by atoms with van der Waals surface area (Å²) in [6, 6.07) is 2.19. The van der Waals surface area contributed by atoms with Gasteiger partial charge < -0.3 is 5.32 Å². The molecule has 0 amide bonds. The van der Waals surface area contributed by atoms with E-state index < -0.39 is 0 Å². The van der Waals surface area contributed by atoms with Gasteiger partial charge in [0.25, 0.3) is 0 Å². The highest BCUT2D eigenvalue weighted by Gasteiger charge is 2.22. The zero-order chi connectivity index (χ0) is 14.5. The summed E-state index contributed by atoms with van der Waals surface area (Å²) in [6.45, 7) is 17.9. The van der Waals surface area contributed by atoms with Gasteiger partial charge in [-0.05, 0) is 38.8 Å². The first-order valence-corrected chi connectivity index (χ1v) is 7.28. The summed E-state index contributed by atoms with van der Waals surface area (Å²) in [5.74, 6) is 0.678. The second kappa shape index (κ2) is 6.90. The van der Waals surface area contributed by atoms with Gasteiger partial charge in [0, 0.05) is 24.2 Å². The van der Waals surface area contributed by atoms with Gasteiger partial charge in [0.15, 0.2) is 0 Å². The molecule has 3 nitrogen and oxygen atoms in total. The second-order valence-electron chi connectivity index (χ2n) is 6.15. The van der Waals surface area contributed by atoms with E-state index in [4.69, 9.17) is 0 Å². The van der Waals surface area contributed by atoms with Crippen molar-refractivity contribution in [1.82, 2.24) is 15.1 Å². The largest absolute Gasteiger partial charge is 0.316 e. The molecule has 0 aromatic carbocycles. The molecule has 0 radical (unpaired) electrons. The monoisotopic (exact) mass is 263 g/mol. The molecule has 108 valence electrons. The van der Waals surface area contributed by atoms with Crippen molar-refractivity contribution in [2.45, 2.75) is 47.6 Å². The Bertz CT molecular complexity index is 406. The minimum Gasteiger partial charge on any atom is -0.316 e. The van der Waals surface area contributed by atoms with Gasteiger partial charge in [-0.25, -0.2) is 0 Å². The number of rotatable bonds is 8. The highest BCUT2D eigenvalue weighted by Crippen LogP contribution is 2.23. The molecule has 1 atom stereocenters. The van der Waals surface area contributed by atoms with Crippen molar-refractivity contribution < 1.29 is 0 Å². The van der Waals surface area contributed by atoms with Crippen LogP contribution < -0.4 is 5.32 Å². The molecule has 0 aliphatic rings. The van der Waals surface area contributed by atoms with Gasteiger partial charge in [0.1, 0.15) is 0 Å². The Kier molecular flexibility index (Phi) is 5.80. The lowest BCUT2D eigenvalue weighted by atomic mass is 9.85. The maximum atomic E-state index is 4.52. The van der Waals surface area contributed by atoms with Crippen molar-refractivity contribution in [3.05, 3.63) is 30.1 Å². The van der Waals surface area contributed by atoms with Crippen LogP contribution in [0.5, 0.6) is 0 Å². The van der Waals surface area contributed by atoms with E-state index in [0.717, 1.165) is 31.7 Å². The number of hydrogen-bond donors (Lipinski definition) is 1. The zero-order valence-corrected chi connectivity index (χ0v) is 13.2. The molecule has 0 spiro atoms. The first-order valence-electron chi connectivity index (χ1n) is 7.28. The summed E-state index contributed by atoms with van der Waals surface area (Å²) in [5.41, 5.74) is 2.47. The molecule has 0 saturated carbocycles. The first-order chi connectivity index (χ1) is 8.90. The second-order valence-corrected chi connectivity index (χ2v) is 6.15. The van der Waals surface area contributed by atoms with Gasteiger partial charge in [0.2, 0.25) is 0 Å². The summed E-state index contributed by atoms with van der Waals surface area (Å²) in [4.78, 5) is 0. The van der Waals surface area contributed by atoms with Crippen LogP contribution in [0.15, 0.2) is 18.7 Å². The smallest absolute Gasteiger partial charge is 0.0596 e. The first kappa shape index (κ1) is 16.0. The Hall–Kier alpha value is -1.09. The van der Waals surface area contributed by atoms with E-state index >= 15 is 0 Å². The molecule has 0 aliphatic heterocycles. The van der Waals surface area contributed by atoms with Crippen LogP contribution in [0, 0.1) is 18.3 Å². The van der Waals surface area contributed by atoms with E-state index in [1.165, 1.54) is 5.69 Å². The van der Waals surface area contributed by atoms with Crippen LogP contribution in [0.3, 0.4) is 0 Å². The normalized spacial score (nSPS) is 14.6. The van der Waals surface area contributed by atoms with Gasteiger partial charge in [-0.3, -0.25) is 4.68 Å². The summed E-state index contributed by atoms with van der Waals surface area (Å²) < 4.78 is 2.10. The van der Waals surface area contributed by atoms with E-state index in [-0.39, 0.29) is 5.41 Å². The Morgan fingerprint density at radius 1 is 1.53 bits per heavy atom. The number of aryl methyl sites for hydroxylation is 2. The van der Waals surface area contributed by atoms with E-state index in [1.807, 2.05) is 0 Å².